The van der Waals surface area contributed by atoms with Gasteiger partial charge in [0.05, 0.1) is 5.92 Å². The highest BCUT2D eigenvalue weighted by atomic mass is 19.1. The van der Waals surface area contributed by atoms with Crippen molar-refractivity contribution in [2.75, 3.05) is 6.54 Å². The van der Waals surface area contributed by atoms with Gasteiger partial charge < -0.3 is 16.0 Å². The van der Waals surface area contributed by atoms with Crippen molar-refractivity contribution in [1.29, 1.82) is 0 Å². The lowest BCUT2D eigenvalue weighted by Gasteiger charge is -2.14. The van der Waals surface area contributed by atoms with Gasteiger partial charge in [-0.05, 0) is 43.2 Å². The number of pyridine rings is 1. The van der Waals surface area contributed by atoms with Crippen molar-refractivity contribution in [1.82, 2.24) is 10.3 Å². The maximum Gasteiger partial charge on any atom is 0.260 e. The molecular formula is C17H18FN3O3. The van der Waals surface area contributed by atoms with Crippen molar-refractivity contribution in [3.63, 3.8) is 0 Å². The molecule has 0 bridgehead atoms. The van der Waals surface area contributed by atoms with Gasteiger partial charge in [0.25, 0.3) is 11.5 Å². The van der Waals surface area contributed by atoms with E-state index >= 15 is 0 Å². The molecule has 7 heteroatoms. The normalized spacial score (nSPS) is 11.8. The number of aryl methyl sites for hydroxylation is 1. The molecule has 1 aromatic carbocycles. The topological polar surface area (TPSA) is 105 Å². The number of rotatable bonds is 6. The standard InChI is InChI=1S/C17H18FN3O3/c1-10-2-7-14(17(24)21-10)16(23)20-9-12(15(19)22)8-11-3-5-13(18)6-4-11/h2-7,12H,8-9H2,1H3,(H2,19,22)(H,20,23)(H,21,24)/t12-/m1/s1. The van der Waals surface area contributed by atoms with E-state index in [1.807, 2.05) is 0 Å². The first-order chi connectivity index (χ1) is 11.4. The number of benzene rings is 1. The third-order valence-electron chi connectivity index (χ3n) is 3.61. The van der Waals surface area contributed by atoms with E-state index in [0.29, 0.717) is 5.69 Å². The molecule has 2 rings (SSSR count). The monoisotopic (exact) mass is 331 g/mol. The van der Waals surface area contributed by atoms with Crippen LogP contribution in [0.2, 0.25) is 0 Å². The molecule has 0 fully saturated rings. The van der Waals surface area contributed by atoms with Gasteiger partial charge in [-0.25, -0.2) is 4.39 Å². The number of aromatic nitrogens is 1. The fourth-order valence-corrected chi connectivity index (χ4v) is 2.24. The molecule has 126 valence electrons. The van der Waals surface area contributed by atoms with Crippen molar-refractivity contribution in [3.8, 4) is 0 Å². The first kappa shape index (κ1) is 17.4. The zero-order valence-corrected chi connectivity index (χ0v) is 13.1. The lowest BCUT2D eigenvalue weighted by molar-refractivity contribution is -0.121. The summed E-state index contributed by atoms with van der Waals surface area (Å²) in [4.78, 5) is 37.9. The number of H-pyrrole nitrogens is 1. The number of carbonyl (C=O) groups is 2. The molecule has 0 unspecified atom stereocenters. The lowest BCUT2D eigenvalue weighted by atomic mass is 9.98. The molecule has 4 N–H and O–H groups in total. The van der Waals surface area contributed by atoms with E-state index in [1.165, 1.54) is 18.2 Å². The molecule has 2 aromatic rings. The number of primary amides is 1. The summed E-state index contributed by atoms with van der Waals surface area (Å²) in [6.45, 7) is 1.69. The van der Waals surface area contributed by atoms with Gasteiger partial charge in [0.1, 0.15) is 11.4 Å². The summed E-state index contributed by atoms with van der Waals surface area (Å²) >= 11 is 0. The minimum Gasteiger partial charge on any atom is -0.369 e. The second-order valence-corrected chi connectivity index (χ2v) is 5.52. The van der Waals surface area contributed by atoms with Crippen molar-refractivity contribution >= 4 is 11.8 Å². The average Bonchev–Trinajstić information content (AvgIpc) is 2.52. The molecule has 0 spiro atoms. The Morgan fingerprint density at radius 3 is 2.46 bits per heavy atom. The summed E-state index contributed by atoms with van der Waals surface area (Å²) in [7, 11) is 0. The number of halogens is 1. The van der Waals surface area contributed by atoms with Crippen molar-refractivity contribution in [2.24, 2.45) is 11.7 Å². The number of aromatic amines is 1. The molecule has 0 aliphatic carbocycles. The molecule has 0 radical (unpaired) electrons. The van der Waals surface area contributed by atoms with Crippen LogP contribution >= 0.6 is 0 Å². The van der Waals surface area contributed by atoms with Gasteiger partial charge in [-0.2, -0.15) is 0 Å². The Labute approximate surface area is 137 Å². The molecule has 0 saturated heterocycles. The summed E-state index contributed by atoms with van der Waals surface area (Å²) in [5, 5.41) is 2.54. The number of nitrogens with one attached hydrogen (secondary N) is 2. The first-order valence-electron chi connectivity index (χ1n) is 7.38. The van der Waals surface area contributed by atoms with E-state index in [2.05, 4.69) is 10.3 Å². The van der Waals surface area contributed by atoms with Crippen LogP contribution in [0.3, 0.4) is 0 Å². The lowest BCUT2D eigenvalue weighted by Crippen LogP contribution is -2.38. The van der Waals surface area contributed by atoms with Crippen molar-refractivity contribution in [2.45, 2.75) is 13.3 Å². The molecule has 0 aliphatic rings. The molecule has 1 aromatic heterocycles. The predicted molar refractivity (Wildman–Crippen MR) is 86.9 cm³/mol. The van der Waals surface area contributed by atoms with Crippen LogP contribution in [-0.2, 0) is 11.2 Å². The summed E-state index contributed by atoms with van der Waals surface area (Å²) < 4.78 is 12.9. The Morgan fingerprint density at radius 2 is 1.88 bits per heavy atom. The zero-order valence-electron chi connectivity index (χ0n) is 13.1. The molecule has 6 nitrogen and oxygen atoms in total. The van der Waals surface area contributed by atoms with Crippen LogP contribution in [0.25, 0.3) is 0 Å². The summed E-state index contributed by atoms with van der Waals surface area (Å²) in [6.07, 6.45) is 0.264. The fraction of sp³-hybridized carbons (Fsp3) is 0.235. The van der Waals surface area contributed by atoms with E-state index in [9.17, 15) is 18.8 Å². The van der Waals surface area contributed by atoms with Crippen LogP contribution in [0.4, 0.5) is 4.39 Å². The predicted octanol–water partition coefficient (Wildman–Crippen LogP) is 0.896. The first-order valence-corrected chi connectivity index (χ1v) is 7.38. The van der Waals surface area contributed by atoms with Gasteiger partial charge >= 0.3 is 0 Å². The van der Waals surface area contributed by atoms with Crippen LogP contribution in [-0.4, -0.2) is 23.3 Å². The highest BCUT2D eigenvalue weighted by Crippen LogP contribution is 2.10. The van der Waals surface area contributed by atoms with E-state index in [0.717, 1.165) is 5.56 Å². The van der Waals surface area contributed by atoms with Gasteiger partial charge in [0.15, 0.2) is 0 Å². The third kappa shape index (κ3) is 4.52. The molecule has 1 heterocycles. The maximum absolute atomic E-state index is 12.9. The van der Waals surface area contributed by atoms with E-state index in [1.54, 1.807) is 25.1 Å². The molecule has 0 aliphatic heterocycles. The minimum atomic E-state index is -0.663. The zero-order chi connectivity index (χ0) is 17.7. The molecule has 0 saturated carbocycles. The summed E-state index contributed by atoms with van der Waals surface area (Å²) in [5.74, 6) is -2.20. The summed E-state index contributed by atoms with van der Waals surface area (Å²) in [5.41, 5.74) is 6.19. The average molecular weight is 331 g/mol. The Morgan fingerprint density at radius 1 is 1.21 bits per heavy atom. The van der Waals surface area contributed by atoms with Crippen LogP contribution in [0.15, 0.2) is 41.2 Å². The second kappa shape index (κ2) is 7.54. The SMILES string of the molecule is Cc1ccc(C(=O)NC[C@@H](Cc2ccc(F)cc2)C(N)=O)c(=O)[nH]1. The largest absolute Gasteiger partial charge is 0.369 e. The van der Waals surface area contributed by atoms with Crippen LogP contribution in [0.1, 0.15) is 21.6 Å². The highest BCUT2D eigenvalue weighted by Gasteiger charge is 2.18. The number of carbonyl (C=O) groups excluding carboxylic acids is 2. The number of hydrogen-bond acceptors (Lipinski definition) is 3. The molecule has 24 heavy (non-hydrogen) atoms. The molecule has 2 amide bonds. The Bertz CT molecular complexity index is 799. The second-order valence-electron chi connectivity index (χ2n) is 5.52. The number of hydrogen-bond donors (Lipinski definition) is 3. The Hall–Kier alpha value is -2.96. The molecular weight excluding hydrogens is 313 g/mol. The van der Waals surface area contributed by atoms with Gasteiger partial charge in [0.2, 0.25) is 5.91 Å². The highest BCUT2D eigenvalue weighted by molar-refractivity contribution is 5.94. The van der Waals surface area contributed by atoms with E-state index in [-0.39, 0.29) is 24.3 Å². The van der Waals surface area contributed by atoms with E-state index < -0.39 is 23.3 Å². The van der Waals surface area contributed by atoms with Crippen molar-refractivity contribution < 1.29 is 14.0 Å². The third-order valence-corrected chi connectivity index (χ3v) is 3.61. The summed E-state index contributed by atoms with van der Waals surface area (Å²) in [6, 6.07) is 8.72. The fourth-order valence-electron chi connectivity index (χ4n) is 2.24. The molecule has 1 atom stereocenters. The quantitative estimate of drug-likeness (QED) is 0.732. The number of amides is 2. The van der Waals surface area contributed by atoms with Crippen LogP contribution in [0.5, 0.6) is 0 Å². The van der Waals surface area contributed by atoms with Crippen LogP contribution in [0, 0.1) is 18.7 Å². The Balaban J connectivity index is 2.03. The Kier molecular flexibility index (Phi) is 5.47. The van der Waals surface area contributed by atoms with E-state index in [4.69, 9.17) is 5.73 Å². The smallest absolute Gasteiger partial charge is 0.260 e. The van der Waals surface area contributed by atoms with Crippen LogP contribution < -0.4 is 16.6 Å². The van der Waals surface area contributed by atoms with Gasteiger partial charge in [0, 0.05) is 12.2 Å². The van der Waals surface area contributed by atoms with Gasteiger partial charge in [-0.1, -0.05) is 12.1 Å². The number of nitrogens with two attached hydrogens (primary N) is 1. The van der Waals surface area contributed by atoms with Gasteiger partial charge in [-0.3, -0.25) is 14.4 Å². The maximum atomic E-state index is 12.9. The van der Waals surface area contributed by atoms with Gasteiger partial charge in [-0.15, -0.1) is 0 Å². The van der Waals surface area contributed by atoms with Crippen molar-refractivity contribution in [3.05, 3.63) is 69.4 Å². The minimum absolute atomic E-state index is 0.0150.